The maximum absolute atomic E-state index is 14.4. The number of halogens is 1. The summed E-state index contributed by atoms with van der Waals surface area (Å²) in [5.41, 5.74) is 1.66. The third-order valence-corrected chi connectivity index (χ3v) is 5.99. The van der Waals surface area contributed by atoms with Gasteiger partial charge in [0.25, 0.3) is 5.91 Å². The van der Waals surface area contributed by atoms with Gasteiger partial charge in [0.2, 0.25) is 0 Å². The summed E-state index contributed by atoms with van der Waals surface area (Å²) in [5.74, 6) is -0.710. The van der Waals surface area contributed by atoms with E-state index in [0.29, 0.717) is 43.1 Å². The molecule has 0 aliphatic carbocycles. The van der Waals surface area contributed by atoms with Gasteiger partial charge in [-0.2, -0.15) is 5.10 Å². The van der Waals surface area contributed by atoms with Crippen LogP contribution in [0.2, 0.25) is 0 Å². The highest BCUT2D eigenvalue weighted by Crippen LogP contribution is 2.30. The van der Waals surface area contributed by atoms with Crippen molar-refractivity contribution in [3.8, 4) is 0 Å². The van der Waals surface area contributed by atoms with Crippen LogP contribution in [-0.2, 0) is 4.74 Å². The zero-order valence-corrected chi connectivity index (χ0v) is 21.0. The number of hydrogen-bond acceptors (Lipinski definition) is 8. The molecule has 1 aliphatic heterocycles. The fourth-order valence-corrected chi connectivity index (χ4v) is 4.35. The number of nitrogens with zero attached hydrogens (tertiary/aromatic N) is 5. The smallest absolute Gasteiger partial charge is 0.410 e. The number of anilines is 2. The van der Waals surface area contributed by atoms with Crippen molar-refractivity contribution in [1.29, 1.82) is 0 Å². The molecule has 0 saturated carbocycles. The number of amides is 2. The third-order valence-electron chi connectivity index (χ3n) is 5.99. The van der Waals surface area contributed by atoms with Gasteiger partial charge in [0, 0.05) is 55.9 Å². The summed E-state index contributed by atoms with van der Waals surface area (Å²) >= 11 is 0. The number of aryl methyl sites for hydroxylation is 1. The van der Waals surface area contributed by atoms with Crippen LogP contribution < -0.4 is 10.2 Å². The molecule has 37 heavy (non-hydrogen) atoms. The largest absolute Gasteiger partial charge is 0.444 e. The van der Waals surface area contributed by atoms with Crippen molar-refractivity contribution in [3.05, 3.63) is 53.8 Å². The Morgan fingerprint density at radius 3 is 2.57 bits per heavy atom. The van der Waals surface area contributed by atoms with Crippen molar-refractivity contribution >= 4 is 45.4 Å². The van der Waals surface area contributed by atoms with E-state index in [-0.39, 0.29) is 22.9 Å². The first kappa shape index (κ1) is 24.4. The Bertz CT molecular complexity index is 1500. The maximum atomic E-state index is 14.4. The summed E-state index contributed by atoms with van der Waals surface area (Å²) in [6.07, 6.45) is 1.24. The molecule has 11 heteroatoms. The molecule has 1 fully saturated rings. The average molecular weight is 507 g/mol. The Kier molecular flexibility index (Phi) is 6.14. The Hall–Kier alpha value is -4.28. The number of hydrogen-bond donors (Lipinski definition) is 1. The highest BCUT2D eigenvalue weighted by Gasteiger charge is 2.27. The fourth-order valence-electron chi connectivity index (χ4n) is 4.35. The second-order valence-corrected chi connectivity index (χ2v) is 9.87. The number of carbonyl (C=O) groups is 2. The van der Waals surface area contributed by atoms with E-state index in [2.05, 4.69) is 25.4 Å². The molecule has 5 rings (SSSR count). The summed E-state index contributed by atoms with van der Waals surface area (Å²) in [5, 5.41) is 11.7. The number of aromatic nitrogens is 3. The van der Waals surface area contributed by atoms with Crippen molar-refractivity contribution in [2.45, 2.75) is 33.3 Å². The van der Waals surface area contributed by atoms with Crippen molar-refractivity contribution in [2.24, 2.45) is 0 Å². The van der Waals surface area contributed by atoms with Crippen LogP contribution in [0, 0.1) is 12.7 Å². The summed E-state index contributed by atoms with van der Waals surface area (Å²) in [6.45, 7) is 9.36. The van der Waals surface area contributed by atoms with Crippen molar-refractivity contribution in [1.82, 2.24) is 20.1 Å². The zero-order valence-electron chi connectivity index (χ0n) is 21.0. The molecule has 10 nitrogen and oxygen atoms in total. The van der Waals surface area contributed by atoms with Gasteiger partial charge in [-0.1, -0.05) is 0 Å². The van der Waals surface area contributed by atoms with Gasteiger partial charge in [-0.3, -0.25) is 4.79 Å². The highest BCUT2D eigenvalue weighted by atomic mass is 19.1. The maximum Gasteiger partial charge on any atom is 0.410 e. The predicted octanol–water partition coefficient (Wildman–Crippen LogP) is 4.53. The minimum atomic E-state index is -0.588. The number of ether oxygens (including phenoxy) is 1. The van der Waals surface area contributed by atoms with Crippen molar-refractivity contribution in [2.75, 3.05) is 36.4 Å². The number of carbonyl (C=O) groups excluding carboxylic acids is 2. The van der Waals surface area contributed by atoms with Crippen LogP contribution in [0.5, 0.6) is 0 Å². The molecule has 1 saturated heterocycles. The lowest BCUT2D eigenvalue weighted by atomic mass is 10.1. The summed E-state index contributed by atoms with van der Waals surface area (Å²) in [4.78, 5) is 33.4. The quantitative estimate of drug-likeness (QED) is 0.431. The van der Waals surface area contributed by atoms with Gasteiger partial charge in [-0.05, 0) is 45.0 Å². The summed E-state index contributed by atoms with van der Waals surface area (Å²) < 4.78 is 25.3. The lowest BCUT2D eigenvalue weighted by Gasteiger charge is -2.37. The van der Waals surface area contributed by atoms with Gasteiger partial charge >= 0.3 is 6.09 Å². The molecule has 4 aromatic rings. The monoisotopic (exact) mass is 506 g/mol. The molecule has 0 atom stereocenters. The Morgan fingerprint density at radius 1 is 1.08 bits per heavy atom. The van der Waals surface area contributed by atoms with E-state index in [0.717, 1.165) is 11.1 Å². The minimum Gasteiger partial charge on any atom is -0.444 e. The number of piperazine rings is 1. The molecule has 1 N–H and O–H groups in total. The second-order valence-electron chi connectivity index (χ2n) is 9.87. The topological polar surface area (TPSA) is 114 Å². The minimum absolute atomic E-state index is 0.114. The molecule has 0 radical (unpaired) electrons. The van der Waals surface area contributed by atoms with E-state index in [1.165, 1.54) is 12.1 Å². The van der Waals surface area contributed by atoms with Gasteiger partial charge < -0.3 is 24.3 Å². The molecule has 2 aromatic carbocycles. The van der Waals surface area contributed by atoms with Crippen LogP contribution in [0.1, 0.15) is 37.0 Å². The van der Waals surface area contributed by atoms with Crippen LogP contribution in [0.3, 0.4) is 0 Å². The Morgan fingerprint density at radius 2 is 1.84 bits per heavy atom. The van der Waals surface area contributed by atoms with Gasteiger partial charge in [-0.25, -0.2) is 14.2 Å². The number of nitrogens with one attached hydrogen (secondary N) is 1. The van der Waals surface area contributed by atoms with E-state index < -0.39 is 17.3 Å². The molecule has 192 valence electrons. The molecule has 0 bridgehead atoms. The molecule has 1 aliphatic rings. The zero-order chi connectivity index (χ0) is 26.3. The SMILES string of the molecule is Cc1nc2c(F)cc(NC(=O)c3ccc(N4CCN(C(=O)OC(C)(C)C)CC4)c4ccnnc34)cc2o1. The first-order valence-corrected chi connectivity index (χ1v) is 11.9. The third kappa shape index (κ3) is 5.02. The average Bonchev–Trinajstić information content (AvgIpc) is 3.23. The predicted molar refractivity (Wildman–Crippen MR) is 136 cm³/mol. The van der Waals surface area contributed by atoms with E-state index in [1.54, 1.807) is 30.2 Å². The molecule has 3 heterocycles. The molecule has 0 spiro atoms. The fraction of sp³-hybridized carbons (Fsp3) is 0.346. The van der Waals surface area contributed by atoms with Crippen LogP contribution in [0.4, 0.5) is 20.6 Å². The van der Waals surface area contributed by atoms with Gasteiger partial charge in [-0.15, -0.1) is 5.10 Å². The van der Waals surface area contributed by atoms with Gasteiger partial charge in [0.05, 0.1) is 11.8 Å². The second kappa shape index (κ2) is 9.30. The summed E-state index contributed by atoms with van der Waals surface area (Å²) in [6, 6.07) is 8.07. The number of fused-ring (bicyclic) bond motifs is 2. The molecule has 2 aromatic heterocycles. The highest BCUT2D eigenvalue weighted by molar-refractivity contribution is 6.14. The lowest BCUT2D eigenvalue weighted by Crippen LogP contribution is -2.50. The standard InChI is InChI=1S/C26H27FN6O4/c1-15-29-23-19(27)13-16(14-21(23)36-15)30-24(34)18-5-6-20(17-7-8-28-31-22(17)18)32-9-11-33(12-10-32)25(35)37-26(2,3)4/h5-8,13-14H,9-12H2,1-4H3,(H,30,34). The first-order chi connectivity index (χ1) is 17.6. The van der Waals surface area contributed by atoms with Crippen molar-refractivity contribution < 1.29 is 23.1 Å². The van der Waals surface area contributed by atoms with E-state index in [4.69, 9.17) is 9.15 Å². The van der Waals surface area contributed by atoms with E-state index >= 15 is 0 Å². The molecule has 2 amide bonds. The first-order valence-electron chi connectivity index (χ1n) is 11.9. The molecular weight excluding hydrogens is 479 g/mol. The van der Waals surface area contributed by atoms with Crippen LogP contribution in [0.15, 0.2) is 40.9 Å². The number of benzene rings is 2. The molecular formula is C26H27FN6O4. The Labute approximate surface area is 212 Å². The number of rotatable bonds is 3. The van der Waals surface area contributed by atoms with E-state index in [1.807, 2.05) is 26.8 Å². The van der Waals surface area contributed by atoms with Gasteiger partial charge in [0.15, 0.2) is 17.3 Å². The summed E-state index contributed by atoms with van der Waals surface area (Å²) in [7, 11) is 0. The van der Waals surface area contributed by atoms with Gasteiger partial charge in [0.1, 0.15) is 16.6 Å². The number of oxazole rings is 1. The van der Waals surface area contributed by atoms with Crippen LogP contribution in [-0.4, -0.2) is 63.9 Å². The lowest BCUT2D eigenvalue weighted by molar-refractivity contribution is 0.0240. The van der Waals surface area contributed by atoms with Crippen LogP contribution in [0.25, 0.3) is 22.0 Å². The Balaban J connectivity index is 1.37. The molecule has 0 unspecified atom stereocenters. The van der Waals surface area contributed by atoms with Crippen molar-refractivity contribution in [3.63, 3.8) is 0 Å². The van der Waals surface area contributed by atoms with Crippen LogP contribution >= 0.6 is 0 Å². The normalized spacial score (nSPS) is 14.3. The van der Waals surface area contributed by atoms with E-state index in [9.17, 15) is 14.0 Å².